The van der Waals surface area contributed by atoms with Gasteiger partial charge in [0.1, 0.15) is 23.4 Å². The summed E-state index contributed by atoms with van der Waals surface area (Å²) < 4.78 is 0. The van der Waals surface area contributed by atoms with Gasteiger partial charge < -0.3 is 0 Å². The van der Waals surface area contributed by atoms with Crippen LogP contribution in [0.3, 0.4) is 0 Å². The highest BCUT2D eigenvalue weighted by molar-refractivity contribution is 5.82. The van der Waals surface area contributed by atoms with Gasteiger partial charge >= 0.3 is 0 Å². The molecule has 0 unspecified atom stereocenters. The number of hydrogen-bond acceptors (Lipinski definition) is 6. The lowest BCUT2D eigenvalue weighted by Gasteiger charge is -2.00. The predicted molar refractivity (Wildman–Crippen MR) is 69.1 cm³/mol. The van der Waals surface area contributed by atoms with Crippen molar-refractivity contribution in [2.24, 2.45) is 5.10 Å². The van der Waals surface area contributed by atoms with Crippen molar-refractivity contribution in [3.63, 3.8) is 0 Å². The average Bonchev–Trinajstić information content (AvgIpc) is 2.40. The molecule has 0 bridgehead atoms. The van der Waals surface area contributed by atoms with Crippen LogP contribution >= 0.6 is 0 Å². The molecule has 0 atom stereocenters. The molecule has 0 aliphatic rings. The first kappa shape index (κ1) is 13.9. The van der Waals surface area contributed by atoms with E-state index in [0.717, 1.165) is 0 Å². The van der Waals surface area contributed by atoms with Crippen molar-refractivity contribution >= 4 is 17.6 Å². The SMILES string of the molecule is CC(/C=N/Nc1ccccc1[N+](=O)[O-])=C(C#N)C#N. The number of nitro groups is 1. The predicted octanol–water partition coefficient (Wildman–Crippen LogP) is 2.36. The van der Waals surface area contributed by atoms with Crippen LogP contribution in [0.1, 0.15) is 6.92 Å². The number of nitro benzene ring substituents is 1. The van der Waals surface area contributed by atoms with Crippen LogP contribution in [0.5, 0.6) is 0 Å². The summed E-state index contributed by atoms with van der Waals surface area (Å²) in [6.45, 7) is 1.55. The van der Waals surface area contributed by atoms with Gasteiger partial charge in [-0.3, -0.25) is 15.5 Å². The van der Waals surface area contributed by atoms with Crippen molar-refractivity contribution in [3.05, 3.63) is 45.5 Å². The smallest absolute Gasteiger partial charge is 0.272 e. The summed E-state index contributed by atoms with van der Waals surface area (Å²) in [5.74, 6) is 0. The zero-order valence-corrected chi connectivity index (χ0v) is 9.99. The van der Waals surface area contributed by atoms with Gasteiger partial charge in [0.25, 0.3) is 5.69 Å². The maximum atomic E-state index is 10.7. The van der Waals surface area contributed by atoms with E-state index in [0.29, 0.717) is 5.57 Å². The minimum absolute atomic E-state index is 0.0619. The third kappa shape index (κ3) is 3.65. The first-order valence-corrected chi connectivity index (χ1v) is 5.13. The summed E-state index contributed by atoms with van der Waals surface area (Å²) in [5.41, 5.74) is 2.93. The maximum Gasteiger partial charge on any atom is 0.294 e. The summed E-state index contributed by atoms with van der Waals surface area (Å²) in [4.78, 5) is 10.2. The number of nitrogens with zero attached hydrogens (tertiary/aromatic N) is 4. The van der Waals surface area contributed by atoms with E-state index in [1.54, 1.807) is 31.2 Å². The molecule has 1 aromatic carbocycles. The van der Waals surface area contributed by atoms with Crippen LogP contribution in [-0.2, 0) is 0 Å². The number of nitrogens with one attached hydrogen (secondary N) is 1. The summed E-state index contributed by atoms with van der Waals surface area (Å²) in [6, 6.07) is 9.46. The molecule has 0 saturated heterocycles. The van der Waals surface area contributed by atoms with Gasteiger partial charge in [-0.25, -0.2) is 0 Å². The fourth-order valence-corrected chi connectivity index (χ4v) is 1.19. The first-order valence-electron chi connectivity index (χ1n) is 5.13. The Morgan fingerprint density at radius 3 is 2.63 bits per heavy atom. The van der Waals surface area contributed by atoms with Crippen LogP contribution in [0, 0.1) is 32.8 Å². The van der Waals surface area contributed by atoms with Crippen LogP contribution in [0.4, 0.5) is 11.4 Å². The fourth-order valence-electron chi connectivity index (χ4n) is 1.19. The monoisotopic (exact) mass is 255 g/mol. The molecule has 0 radical (unpaired) electrons. The van der Waals surface area contributed by atoms with Crippen molar-refractivity contribution in [2.75, 3.05) is 5.43 Å². The van der Waals surface area contributed by atoms with Crippen LogP contribution in [0.25, 0.3) is 0 Å². The molecule has 0 spiro atoms. The second kappa shape index (κ2) is 6.52. The Morgan fingerprint density at radius 1 is 1.42 bits per heavy atom. The van der Waals surface area contributed by atoms with Gasteiger partial charge in [0.15, 0.2) is 0 Å². The van der Waals surface area contributed by atoms with E-state index in [1.165, 1.54) is 18.3 Å². The zero-order valence-electron chi connectivity index (χ0n) is 9.99. The summed E-state index contributed by atoms with van der Waals surface area (Å²) in [7, 11) is 0. The molecule has 0 aliphatic heterocycles. The molecule has 0 aliphatic carbocycles. The highest BCUT2D eigenvalue weighted by Gasteiger charge is 2.10. The highest BCUT2D eigenvalue weighted by atomic mass is 16.6. The lowest BCUT2D eigenvalue weighted by molar-refractivity contribution is -0.384. The highest BCUT2D eigenvalue weighted by Crippen LogP contribution is 2.22. The van der Waals surface area contributed by atoms with E-state index in [1.807, 2.05) is 0 Å². The molecule has 94 valence electrons. The zero-order chi connectivity index (χ0) is 14.3. The molecule has 7 heteroatoms. The van der Waals surface area contributed by atoms with Crippen LogP contribution in [-0.4, -0.2) is 11.1 Å². The fraction of sp³-hybridized carbons (Fsp3) is 0.0833. The standard InChI is InChI=1S/C12H9N5O2/c1-9(10(6-13)7-14)8-15-16-11-4-2-3-5-12(11)17(18)19/h2-5,8,16H,1H3/b15-8+. The minimum Gasteiger partial charge on any atom is -0.272 e. The Balaban J connectivity index is 2.91. The molecule has 0 heterocycles. The number of rotatable bonds is 4. The van der Waals surface area contributed by atoms with Crippen molar-refractivity contribution in [1.29, 1.82) is 10.5 Å². The molecule has 0 fully saturated rings. The molecule has 7 nitrogen and oxygen atoms in total. The Hall–Kier alpha value is -3.19. The van der Waals surface area contributed by atoms with E-state index in [-0.39, 0.29) is 16.9 Å². The molecule has 0 saturated carbocycles. The normalized spacial score (nSPS) is 9.42. The average molecular weight is 255 g/mol. The van der Waals surface area contributed by atoms with Gasteiger partial charge in [-0.1, -0.05) is 12.1 Å². The van der Waals surface area contributed by atoms with E-state index >= 15 is 0 Å². The number of anilines is 1. The van der Waals surface area contributed by atoms with Crippen LogP contribution < -0.4 is 5.43 Å². The molecular formula is C12H9N5O2. The number of hydrazone groups is 1. The third-order valence-electron chi connectivity index (χ3n) is 2.16. The number of allylic oxidation sites excluding steroid dienone is 2. The van der Waals surface area contributed by atoms with E-state index in [4.69, 9.17) is 10.5 Å². The quantitative estimate of drug-likeness (QED) is 0.383. The topological polar surface area (TPSA) is 115 Å². The van der Waals surface area contributed by atoms with E-state index < -0.39 is 4.92 Å². The molecule has 0 aromatic heterocycles. The molecule has 1 aromatic rings. The Labute approximate surface area is 109 Å². The lowest BCUT2D eigenvalue weighted by atomic mass is 10.2. The van der Waals surface area contributed by atoms with Crippen molar-refractivity contribution < 1.29 is 4.92 Å². The van der Waals surface area contributed by atoms with Crippen molar-refractivity contribution in [3.8, 4) is 12.1 Å². The Kier molecular flexibility index (Phi) is 4.76. The second-order valence-electron chi connectivity index (χ2n) is 3.43. The van der Waals surface area contributed by atoms with Crippen molar-refractivity contribution in [2.45, 2.75) is 6.92 Å². The third-order valence-corrected chi connectivity index (χ3v) is 2.16. The summed E-state index contributed by atoms with van der Waals surface area (Å²) in [5, 5.41) is 31.8. The minimum atomic E-state index is -0.531. The van der Waals surface area contributed by atoms with Gasteiger partial charge in [0, 0.05) is 6.07 Å². The Bertz CT molecular complexity index is 618. The second-order valence-corrected chi connectivity index (χ2v) is 3.43. The molecule has 19 heavy (non-hydrogen) atoms. The molecular weight excluding hydrogens is 246 g/mol. The van der Waals surface area contributed by atoms with E-state index in [9.17, 15) is 10.1 Å². The number of para-hydroxylation sites is 2. The number of nitriles is 2. The van der Waals surface area contributed by atoms with Crippen LogP contribution in [0.15, 0.2) is 40.5 Å². The largest absolute Gasteiger partial charge is 0.294 e. The number of hydrogen-bond donors (Lipinski definition) is 1. The summed E-state index contributed by atoms with van der Waals surface area (Å²) >= 11 is 0. The van der Waals surface area contributed by atoms with Crippen LogP contribution in [0.2, 0.25) is 0 Å². The molecule has 1 N–H and O–H groups in total. The lowest BCUT2D eigenvalue weighted by Crippen LogP contribution is -1.97. The molecule has 1 rings (SSSR count). The summed E-state index contributed by atoms with van der Waals surface area (Å²) in [6.07, 6.45) is 1.26. The van der Waals surface area contributed by atoms with E-state index in [2.05, 4.69) is 10.5 Å². The van der Waals surface area contributed by atoms with Gasteiger partial charge in [0.2, 0.25) is 0 Å². The molecule has 0 amide bonds. The first-order chi connectivity index (χ1) is 9.10. The van der Waals surface area contributed by atoms with Gasteiger partial charge in [-0.2, -0.15) is 15.6 Å². The van der Waals surface area contributed by atoms with Gasteiger partial charge in [0.05, 0.1) is 11.1 Å². The Morgan fingerprint density at radius 2 is 2.05 bits per heavy atom. The van der Waals surface area contributed by atoms with Crippen molar-refractivity contribution in [1.82, 2.24) is 0 Å². The van der Waals surface area contributed by atoms with Gasteiger partial charge in [-0.15, -0.1) is 0 Å². The maximum absolute atomic E-state index is 10.7. The van der Waals surface area contributed by atoms with Gasteiger partial charge in [-0.05, 0) is 18.6 Å². The number of benzene rings is 1.